The van der Waals surface area contributed by atoms with Crippen molar-refractivity contribution in [1.82, 2.24) is 19.1 Å². The van der Waals surface area contributed by atoms with Gasteiger partial charge in [0.1, 0.15) is 9.22 Å². The van der Waals surface area contributed by atoms with Crippen LogP contribution in [0.3, 0.4) is 0 Å². The minimum Gasteiger partial charge on any atom is -0.344 e. The normalized spacial score (nSPS) is 21.5. The summed E-state index contributed by atoms with van der Waals surface area (Å²) in [5.74, 6) is 1.05. The number of rotatable bonds is 4. The quantitative estimate of drug-likeness (QED) is 0.734. The molecule has 0 radical (unpaired) electrons. The van der Waals surface area contributed by atoms with Crippen LogP contribution in [0.25, 0.3) is 0 Å². The summed E-state index contributed by atoms with van der Waals surface area (Å²) in [6.07, 6.45) is 2.98. The Balaban J connectivity index is 1.58. The molecule has 9 heteroatoms. The minimum absolute atomic E-state index is 0.264. The first-order chi connectivity index (χ1) is 10.6. The fourth-order valence-corrected chi connectivity index (χ4v) is 5.16. The largest absolute Gasteiger partial charge is 0.344 e. The van der Waals surface area contributed by atoms with Gasteiger partial charge in [0, 0.05) is 50.9 Å². The lowest BCUT2D eigenvalue weighted by atomic mass is 10.4. The van der Waals surface area contributed by atoms with Crippen molar-refractivity contribution >= 4 is 38.3 Å². The molecule has 3 heterocycles. The van der Waals surface area contributed by atoms with Gasteiger partial charge in [-0.2, -0.15) is 4.31 Å². The zero-order valence-corrected chi connectivity index (χ0v) is 14.5. The molecule has 0 unspecified atom stereocenters. The van der Waals surface area contributed by atoms with Crippen LogP contribution in [0.2, 0.25) is 0 Å². The van der Waals surface area contributed by atoms with Gasteiger partial charge in [0.05, 0.1) is 6.67 Å². The molecule has 0 N–H and O–H groups in total. The molecule has 0 bridgehead atoms. The SMILES string of the molecule is O=S(=O)(c1cccnc1)N1CCN(CN2CCSC2=S)CC1. The molecular formula is C13H18N4O2S3. The summed E-state index contributed by atoms with van der Waals surface area (Å²) in [5, 5.41) is 0. The van der Waals surface area contributed by atoms with Crippen LogP contribution in [0, 0.1) is 0 Å². The lowest BCUT2D eigenvalue weighted by molar-refractivity contribution is 0.142. The number of piperazine rings is 1. The van der Waals surface area contributed by atoms with Gasteiger partial charge in [-0.15, -0.1) is 0 Å². The zero-order chi connectivity index (χ0) is 15.6. The zero-order valence-electron chi connectivity index (χ0n) is 12.1. The van der Waals surface area contributed by atoms with E-state index in [0.717, 1.165) is 36.4 Å². The summed E-state index contributed by atoms with van der Waals surface area (Å²) < 4.78 is 27.5. The molecule has 0 amide bonds. The van der Waals surface area contributed by atoms with Gasteiger partial charge in [0.2, 0.25) is 10.0 Å². The average molecular weight is 359 g/mol. The summed E-state index contributed by atoms with van der Waals surface area (Å²) in [4.78, 5) is 8.61. The molecule has 2 aliphatic rings. The maximum absolute atomic E-state index is 12.5. The molecule has 6 nitrogen and oxygen atoms in total. The summed E-state index contributed by atoms with van der Waals surface area (Å²) in [6.45, 7) is 4.24. The van der Waals surface area contributed by atoms with E-state index in [0.29, 0.717) is 13.1 Å². The monoisotopic (exact) mass is 358 g/mol. The summed E-state index contributed by atoms with van der Waals surface area (Å²) in [6, 6.07) is 3.24. The van der Waals surface area contributed by atoms with Crippen molar-refractivity contribution in [3.8, 4) is 0 Å². The van der Waals surface area contributed by atoms with E-state index < -0.39 is 10.0 Å². The van der Waals surface area contributed by atoms with Gasteiger partial charge in [-0.05, 0) is 12.1 Å². The maximum atomic E-state index is 12.5. The molecule has 0 aliphatic carbocycles. The van der Waals surface area contributed by atoms with Crippen molar-refractivity contribution in [2.24, 2.45) is 0 Å². The molecule has 1 aromatic heterocycles. The molecular weight excluding hydrogens is 340 g/mol. The first kappa shape index (κ1) is 16.1. The van der Waals surface area contributed by atoms with Crippen molar-refractivity contribution in [3.63, 3.8) is 0 Å². The first-order valence-electron chi connectivity index (χ1n) is 7.11. The smallest absolute Gasteiger partial charge is 0.244 e. The highest BCUT2D eigenvalue weighted by Crippen LogP contribution is 2.20. The van der Waals surface area contributed by atoms with Crippen LogP contribution in [-0.2, 0) is 10.0 Å². The van der Waals surface area contributed by atoms with E-state index in [2.05, 4.69) is 14.8 Å². The Hall–Kier alpha value is -0.740. The van der Waals surface area contributed by atoms with Gasteiger partial charge in [-0.25, -0.2) is 8.42 Å². The Labute approximate surface area is 140 Å². The number of thiocarbonyl (C=S) groups is 1. The Kier molecular flexibility index (Phi) is 4.98. The highest BCUT2D eigenvalue weighted by atomic mass is 32.2. The first-order valence-corrected chi connectivity index (χ1v) is 9.95. The third-order valence-electron chi connectivity index (χ3n) is 3.82. The fourth-order valence-electron chi connectivity index (χ4n) is 2.56. The molecule has 0 atom stereocenters. The maximum Gasteiger partial charge on any atom is 0.244 e. The van der Waals surface area contributed by atoms with E-state index in [1.165, 1.54) is 10.5 Å². The van der Waals surface area contributed by atoms with Gasteiger partial charge in [0.25, 0.3) is 0 Å². The van der Waals surface area contributed by atoms with Gasteiger partial charge in [-0.1, -0.05) is 24.0 Å². The standard InChI is InChI=1S/C13H18N4O2S3/c18-22(19,12-2-1-3-14-10-12)17-6-4-15(5-7-17)11-16-8-9-21-13(16)20/h1-3,10H,4-9,11H2. The summed E-state index contributed by atoms with van der Waals surface area (Å²) in [7, 11) is -3.42. The molecule has 3 rings (SSSR count). The van der Waals surface area contributed by atoms with Gasteiger partial charge in [-0.3, -0.25) is 9.88 Å². The van der Waals surface area contributed by atoms with Crippen molar-refractivity contribution in [2.75, 3.05) is 45.1 Å². The number of pyridine rings is 1. The van der Waals surface area contributed by atoms with E-state index in [-0.39, 0.29) is 4.90 Å². The third-order valence-corrected chi connectivity index (χ3v) is 7.20. The van der Waals surface area contributed by atoms with Crippen molar-refractivity contribution in [1.29, 1.82) is 0 Å². The number of hydrogen-bond acceptors (Lipinski definition) is 6. The number of nitrogens with zero attached hydrogens (tertiary/aromatic N) is 4. The predicted molar refractivity (Wildman–Crippen MR) is 91.2 cm³/mol. The highest BCUT2D eigenvalue weighted by Gasteiger charge is 2.29. The van der Waals surface area contributed by atoms with Crippen LogP contribution in [0.4, 0.5) is 0 Å². The molecule has 2 fully saturated rings. The highest BCUT2D eigenvalue weighted by molar-refractivity contribution is 8.23. The van der Waals surface area contributed by atoms with E-state index in [1.807, 2.05) is 0 Å². The van der Waals surface area contributed by atoms with Gasteiger partial charge >= 0.3 is 0 Å². The molecule has 1 aromatic rings. The van der Waals surface area contributed by atoms with Gasteiger partial charge in [0.15, 0.2) is 0 Å². The second-order valence-electron chi connectivity index (χ2n) is 5.23. The Bertz CT molecular complexity index is 630. The number of aromatic nitrogens is 1. The van der Waals surface area contributed by atoms with Gasteiger partial charge < -0.3 is 4.90 Å². The van der Waals surface area contributed by atoms with E-state index in [4.69, 9.17) is 12.2 Å². The second-order valence-corrected chi connectivity index (χ2v) is 8.90. The van der Waals surface area contributed by atoms with E-state index >= 15 is 0 Å². The van der Waals surface area contributed by atoms with Crippen LogP contribution in [0.1, 0.15) is 0 Å². The van der Waals surface area contributed by atoms with Crippen LogP contribution >= 0.6 is 24.0 Å². The van der Waals surface area contributed by atoms with Crippen LogP contribution in [-0.4, -0.2) is 77.0 Å². The van der Waals surface area contributed by atoms with Crippen LogP contribution < -0.4 is 0 Å². The Morgan fingerprint density at radius 1 is 1.23 bits per heavy atom. The molecule has 2 aliphatic heterocycles. The molecule has 0 spiro atoms. The van der Waals surface area contributed by atoms with Crippen molar-refractivity contribution in [3.05, 3.63) is 24.5 Å². The summed E-state index contributed by atoms with van der Waals surface area (Å²) in [5.41, 5.74) is 0. The topological polar surface area (TPSA) is 56.8 Å². The van der Waals surface area contributed by atoms with E-state index in [1.54, 1.807) is 30.1 Å². The van der Waals surface area contributed by atoms with Crippen LogP contribution in [0.5, 0.6) is 0 Å². The van der Waals surface area contributed by atoms with Crippen molar-refractivity contribution in [2.45, 2.75) is 4.90 Å². The average Bonchev–Trinajstić information content (AvgIpc) is 2.94. The van der Waals surface area contributed by atoms with Crippen LogP contribution in [0.15, 0.2) is 29.4 Å². The lowest BCUT2D eigenvalue weighted by Crippen LogP contribution is -2.51. The molecule has 22 heavy (non-hydrogen) atoms. The van der Waals surface area contributed by atoms with E-state index in [9.17, 15) is 8.42 Å². The number of sulfonamides is 1. The summed E-state index contributed by atoms with van der Waals surface area (Å²) >= 11 is 7.02. The number of thioether (sulfide) groups is 1. The molecule has 120 valence electrons. The fraction of sp³-hybridized carbons (Fsp3) is 0.538. The Morgan fingerprint density at radius 3 is 2.59 bits per heavy atom. The number of hydrogen-bond donors (Lipinski definition) is 0. The Morgan fingerprint density at radius 2 is 2.00 bits per heavy atom. The minimum atomic E-state index is -3.42. The molecule has 0 saturated carbocycles. The second kappa shape index (κ2) is 6.79. The third kappa shape index (κ3) is 3.43. The molecule has 2 saturated heterocycles. The lowest BCUT2D eigenvalue weighted by Gasteiger charge is -2.36. The van der Waals surface area contributed by atoms with Crippen molar-refractivity contribution < 1.29 is 8.42 Å². The molecule has 0 aromatic carbocycles. The predicted octanol–water partition coefficient (Wildman–Crippen LogP) is 0.679.